The van der Waals surface area contributed by atoms with Crippen molar-refractivity contribution in [3.63, 3.8) is 0 Å². The molecule has 0 fully saturated rings. The zero-order chi connectivity index (χ0) is 19.3. The molecule has 0 aromatic heterocycles. The van der Waals surface area contributed by atoms with Crippen molar-refractivity contribution in [3.05, 3.63) is 59.7 Å². The van der Waals surface area contributed by atoms with Crippen LogP contribution in [-0.4, -0.2) is 20.4 Å². The summed E-state index contributed by atoms with van der Waals surface area (Å²) >= 11 is 0. The summed E-state index contributed by atoms with van der Waals surface area (Å²) in [5.41, 5.74) is 0.261. The third kappa shape index (κ3) is 5.34. The molecule has 8 heteroatoms. The van der Waals surface area contributed by atoms with Gasteiger partial charge in [-0.05, 0) is 50.1 Å². The number of nitrogens with one attached hydrogen (secondary N) is 2. The number of hydrogen-bond acceptors (Lipinski definition) is 3. The second-order valence-corrected chi connectivity index (χ2v) is 7.78. The molecular weight excluding hydrogens is 362 g/mol. The number of aryl methyl sites for hydroxylation is 1. The number of anilines is 1. The van der Waals surface area contributed by atoms with Crippen molar-refractivity contribution >= 4 is 21.6 Å². The first-order valence-corrected chi connectivity index (χ1v) is 9.52. The number of benzene rings is 2. The Morgan fingerprint density at radius 2 is 1.62 bits per heavy atom. The quantitative estimate of drug-likeness (QED) is 0.772. The molecule has 140 valence electrons. The van der Waals surface area contributed by atoms with Gasteiger partial charge in [-0.2, -0.15) is 0 Å². The molecule has 0 unspecified atom stereocenters. The van der Waals surface area contributed by atoms with Gasteiger partial charge in [-0.1, -0.05) is 18.2 Å². The Bertz CT molecular complexity index is 862. The van der Waals surface area contributed by atoms with Crippen molar-refractivity contribution in [2.45, 2.75) is 37.6 Å². The van der Waals surface area contributed by atoms with E-state index in [0.717, 1.165) is 17.7 Å². The molecule has 0 saturated heterocycles. The predicted molar refractivity (Wildman–Crippen MR) is 95.2 cm³/mol. The van der Waals surface area contributed by atoms with Crippen LogP contribution >= 0.6 is 0 Å². The highest BCUT2D eigenvalue weighted by atomic mass is 32.2. The highest BCUT2D eigenvalue weighted by Crippen LogP contribution is 2.18. The molecule has 26 heavy (non-hydrogen) atoms. The van der Waals surface area contributed by atoms with E-state index in [1.807, 2.05) is 0 Å². The Labute approximate surface area is 151 Å². The zero-order valence-electron chi connectivity index (χ0n) is 14.4. The predicted octanol–water partition coefficient (Wildman–Crippen LogP) is 3.22. The van der Waals surface area contributed by atoms with Gasteiger partial charge in [0.25, 0.3) is 0 Å². The third-order valence-corrected chi connectivity index (χ3v) is 5.17. The van der Waals surface area contributed by atoms with Crippen LogP contribution in [0.15, 0.2) is 47.4 Å². The van der Waals surface area contributed by atoms with E-state index >= 15 is 0 Å². The Hall–Kier alpha value is -2.32. The molecule has 0 spiro atoms. The van der Waals surface area contributed by atoms with Gasteiger partial charge in [-0.25, -0.2) is 21.9 Å². The van der Waals surface area contributed by atoms with Gasteiger partial charge < -0.3 is 5.32 Å². The van der Waals surface area contributed by atoms with Gasteiger partial charge in [0.15, 0.2) is 0 Å². The van der Waals surface area contributed by atoms with Crippen LogP contribution in [0.5, 0.6) is 0 Å². The second kappa shape index (κ2) is 8.37. The number of carbonyl (C=O) groups excluding carboxylic acids is 1. The number of halogens is 2. The third-order valence-electron chi connectivity index (χ3n) is 3.49. The lowest BCUT2D eigenvalue weighted by molar-refractivity contribution is -0.116. The number of sulfonamides is 1. The van der Waals surface area contributed by atoms with Crippen molar-refractivity contribution < 1.29 is 22.0 Å². The lowest BCUT2D eigenvalue weighted by Gasteiger charge is -2.10. The van der Waals surface area contributed by atoms with Crippen LogP contribution in [0, 0.1) is 11.6 Å². The Morgan fingerprint density at radius 3 is 2.15 bits per heavy atom. The minimum absolute atomic E-state index is 0.00408. The van der Waals surface area contributed by atoms with E-state index in [2.05, 4.69) is 10.0 Å². The van der Waals surface area contributed by atoms with Crippen LogP contribution in [0.3, 0.4) is 0 Å². The van der Waals surface area contributed by atoms with Crippen molar-refractivity contribution in [1.29, 1.82) is 0 Å². The number of carbonyl (C=O) groups is 1. The summed E-state index contributed by atoms with van der Waals surface area (Å²) in [5, 5.41) is 2.21. The summed E-state index contributed by atoms with van der Waals surface area (Å²) < 4.78 is 53.6. The van der Waals surface area contributed by atoms with Gasteiger partial charge in [0, 0.05) is 12.5 Å². The van der Waals surface area contributed by atoms with Gasteiger partial charge in [0.05, 0.1) is 4.90 Å². The van der Waals surface area contributed by atoms with Crippen molar-refractivity contribution in [2.24, 2.45) is 0 Å². The van der Waals surface area contributed by atoms with Gasteiger partial charge in [-0.3, -0.25) is 4.79 Å². The minimum Gasteiger partial charge on any atom is -0.321 e. The van der Waals surface area contributed by atoms with E-state index < -0.39 is 33.3 Å². The first-order valence-electron chi connectivity index (χ1n) is 8.04. The number of para-hydroxylation sites is 1. The monoisotopic (exact) mass is 382 g/mol. The molecule has 2 aromatic carbocycles. The molecule has 2 rings (SSSR count). The molecule has 2 N–H and O–H groups in total. The summed E-state index contributed by atoms with van der Waals surface area (Å²) in [6.07, 6.45) is 0.309. The topological polar surface area (TPSA) is 75.3 Å². The fraction of sp³-hybridized carbons (Fsp3) is 0.278. The lowest BCUT2D eigenvalue weighted by Crippen LogP contribution is -2.30. The Balaban J connectivity index is 1.97. The van der Waals surface area contributed by atoms with E-state index in [1.54, 1.807) is 26.0 Å². The van der Waals surface area contributed by atoms with Gasteiger partial charge in [0.2, 0.25) is 15.9 Å². The maximum absolute atomic E-state index is 13.5. The number of rotatable bonds is 7. The highest BCUT2D eigenvalue weighted by molar-refractivity contribution is 7.89. The van der Waals surface area contributed by atoms with Crippen LogP contribution < -0.4 is 10.0 Å². The summed E-state index contributed by atoms with van der Waals surface area (Å²) in [5.74, 6) is -2.22. The first-order chi connectivity index (χ1) is 12.2. The van der Waals surface area contributed by atoms with Gasteiger partial charge in [0.1, 0.15) is 17.3 Å². The first kappa shape index (κ1) is 20.0. The SMILES string of the molecule is CC(C)NS(=O)(=O)c1ccc(CCC(=O)Nc2c(F)cccc2F)cc1. The molecule has 0 aliphatic rings. The van der Waals surface area contributed by atoms with Crippen LogP contribution in [0.1, 0.15) is 25.8 Å². The molecule has 0 bridgehead atoms. The van der Waals surface area contributed by atoms with Crippen LogP contribution in [0.4, 0.5) is 14.5 Å². The Kier molecular flexibility index (Phi) is 6.44. The minimum atomic E-state index is -3.57. The average molecular weight is 382 g/mol. The highest BCUT2D eigenvalue weighted by Gasteiger charge is 2.15. The van der Waals surface area contributed by atoms with Crippen LogP contribution in [0.2, 0.25) is 0 Å². The van der Waals surface area contributed by atoms with E-state index in [9.17, 15) is 22.0 Å². The maximum Gasteiger partial charge on any atom is 0.240 e. The van der Waals surface area contributed by atoms with Crippen molar-refractivity contribution in [3.8, 4) is 0 Å². The van der Waals surface area contributed by atoms with E-state index in [0.29, 0.717) is 6.42 Å². The zero-order valence-corrected chi connectivity index (χ0v) is 15.2. The van der Waals surface area contributed by atoms with Gasteiger partial charge >= 0.3 is 0 Å². The number of hydrogen-bond donors (Lipinski definition) is 2. The lowest BCUT2D eigenvalue weighted by atomic mass is 10.1. The molecule has 1 amide bonds. The second-order valence-electron chi connectivity index (χ2n) is 6.06. The summed E-state index contributed by atoms with van der Waals surface area (Å²) in [4.78, 5) is 12.0. The fourth-order valence-corrected chi connectivity index (χ4v) is 3.54. The molecule has 0 aliphatic carbocycles. The van der Waals surface area contributed by atoms with E-state index in [4.69, 9.17) is 0 Å². The standard InChI is InChI=1S/C18H20F2N2O3S/c1-12(2)22-26(24,25)14-9-6-13(7-10-14)8-11-17(23)21-18-15(19)4-3-5-16(18)20/h3-7,9-10,12,22H,8,11H2,1-2H3,(H,21,23). The molecule has 0 saturated carbocycles. The molecule has 2 aromatic rings. The Morgan fingerprint density at radius 1 is 1.04 bits per heavy atom. The summed E-state index contributed by atoms with van der Waals surface area (Å²) in [6.45, 7) is 3.45. The largest absolute Gasteiger partial charge is 0.321 e. The molecule has 0 heterocycles. The van der Waals surface area contributed by atoms with Crippen LogP contribution in [-0.2, 0) is 21.2 Å². The molecule has 5 nitrogen and oxygen atoms in total. The molecule has 0 radical (unpaired) electrons. The number of amides is 1. The van der Waals surface area contributed by atoms with E-state index in [1.165, 1.54) is 18.2 Å². The molecule has 0 aliphatic heterocycles. The van der Waals surface area contributed by atoms with Crippen molar-refractivity contribution in [1.82, 2.24) is 4.72 Å². The normalized spacial score (nSPS) is 11.6. The molecule has 0 atom stereocenters. The van der Waals surface area contributed by atoms with Crippen molar-refractivity contribution in [2.75, 3.05) is 5.32 Å². The summed E-state index contributed by atoms with van der Waals surface area (Å²) in [7, 11) is -3.57. The average Bonchev–Trinajstić information content (AvgIpc) is 2.56. The van der Waals surface area contributed by atoms with Crippen LogP contribution in [0.25, 0.3) is 0 Å². The molecular formula is C18H20F2N2O3S. The smallest absolute Gasteiger partial charge is 0.240 e. The summed E-state index contributed by atoms with van der Waals surface area (Å²) in [6, 6.07) is 9.22. The van der Waals surface area contributed by atoms with E-state index in [-0.39, 0.29) is 17.4 Å². The van der Waals surface area contributed by atoms with Gasteiger partial charge in [-0.15, -0.1) is 0 Å². The fourth-order valence-electron chi connectivity index (χ4n) is 2.29. The maximum atomic E-state index is 13.5.